The first-order valence-electron chi connectivity index (χ1n) is 4.64. The normalized spacial score (nSPS) is 10.9. The van der Waals surface area contributed by atoms with E-state index in [1.165, 1.54) is 10.9 Å². The summed E-state index contributed by atoms with van der Waals surface area (Å²) in [6.45, 7) is 4.72. The second-order valence-electron chi connectivity index (χ2n) is 3.37. The maximum atomic E-state index is 11.5. The van der Waals surface area contributed by atoms with Gasteiger partial charge in [-0.25, -0.2) is 4.98 Å². The van der Waals surface area contributed by atoms with E-state index in [0.717, 1.165) is 0 Å². The Balaban J connectivity index is 2.71. The minimum atomic E-state index is -0.331. The van der Waals surface area contributed by atoms with E-state index in [-0.39, 0.29) is 22.5 Å². The number of rotatable bonds is 4. The fourth-order valence-corrected chi connectivity index (χ4v) is 1.16. The number of ether oxygens (including phenoxy) is 1. The van der Waals surface area contributed by atoms with Crippen LogP contribution in [0.1, 0.15) is 13.8 Å². The maximum absolute atomic E-state index is 11.5. The Labute approximate surface area is 92.8 Å². The summed E-state index contributed by atoms with van der Waals surface area (Å²) in [4.78, 5) is 15.3. The van der Waals surface area contributed by atoms with Crippen LogP contribution >= 0.6 is 11.6 Å². The van der Waals surface area contributed by atoms with E-state index >= 15 is 0 Å². The van der Waals surface area contributed by atoms with Gasteiger partial charge in [0.05, 0.1) is 25.6 Å². The molecule has 0 bridgehead atoms. The van der Waals surface area contributed by atoms with Crippen molar-refractivity contribution in [3.63, 3.8) is 0 Å². The Bertz CT molecular complexity index is 389. The van der Waals surface area contributed by atoms with Gasteiger partial charge in [-0.05, 0) is 13.8 Å². The highest BCUT2D eigenvalue weighted by molar-refractivity contribution is 6.31. The summed E-state index contributed by atoms with van der Waals surface area (Å²) in [6, 6.07) is 0. The average Bonchev–Trinajstić information content (AvgIpc) is 2.18. The summed E-state index contributed by atoms with van der Waals surface area (Å²) >= 11 is 5.59. The quantitative estimate of drug-likeness (QED) is 0.782. The Hall–Kier alpha value is -1.07. The van der Waals surface area contributed by atoms with Crippen molar-refractivity contribution in [1.29, 1.82) is 0 Å². The molecule has 0 saturated heterocycles. The van der Waals surface area contributed by atoms with Crippen LogP contribution in [0.25, 0.3) is 0 Å². The first-order chi connectivity index (χ1) is 7.02. The Morgan fingerprint density at radius 2 is 2.33 bits per heavy atom. The van der Waals surface area contributed by atoms with E-state index in [9.17, 15) is 4.79 Å². The molecule has 6 heteroatoms. The number of nitrogens with two attached hydrogens (primary N) is 1. The van der Waals surface area contributed by atoms with E-state index in [2.05, 4.69) is 4.98 Å². The van der Waals surface area contributed by atoms with E-state index in [4.69, 9.17) is 22.1 Å². The second kappa shape index (κ2) is 5.14. The topological polar surface area (TPSA) is 70.1 Å². The summed E-state index contributed by atoms with van der Waals surface area (Å²) in [5, 5.41) is 0.0426. The lowest BCUT2D eigenvalue weighted by Crippen LogP contribution is -2.26. The van der Waals surface area contributed by atoms with Crippen molar-refractivity contribution in [2.45, 2.75) is 26.5 Å². The lowest BCUT2D eigenvalue weighted by atomic mass is 10.5. The molecule has 0 aliphatic rings. The van der Waals surface area contributed by atoms with Crippen LogP contribution in [0.2, 0.25) is 5.15 Å². The van der Waals surface area contributed by atoms with Gasteiger partial charge >= 0.3 is 0 Å². The molecule has 1 rings (SSSR count). The molecule has 5 nitrogen and oxygen atoms in total. The standard InChI is InChI=1S/C9H14ClN3O2/c1-6(2)15-4-3-13-5-12-8(10)7(11)9(13)14/h5-6H,3-4,11H2,1-2H3. The third kappa shape index (κ3) is 3.21. The summed E-state index contributed by atoms with van der Waals surface area (Å²) in [6.07, 6.45) is 1.50. The van der Waals surface area contributed by atoms with E-state index in [1.54, 1.807) is 0 Å². The Morgan fingerprint density at radius 3 is 2.93 bits per heavy atom. The largest absolute Gasteiger partial charge is 0.392 e. The van der Waals surface area contributed by atoms with Gasteiger partial charge in [0.25, 0.3) is 5.56 Å². The zero-order chi connectivity index (χ0) is 11.4. The molecule has 0 atom stereocenters. The molecule has 1 heterocycles. The fraction of sp³-hybridized carbons (Fsp3) is 0.556. The zero-order valence-electron chi connectivity index (χ0n) is 8.74. The van der Waals surface area contributed by atoms with Gasteiger partial charge in [-0.15, -0.1) is 0 Å². The third-order valence-electron chi connectivity index (χ3n) is 1.81. The van der Waals surface area contributed by atoms with Crippen LogP contribution in [-0.2, 0) is 11.3 Å². The number of nitrogen functional groups attached to an aromatic ring is 1. The first-order valence-corrected chi connectivity index (χ1v) is 5.02. The molecule has 15 heavy (non-hydrogen) atoms. The fourth-order valence-electron chi connectivity index (χ4n) is 1.03. The molecule has 0 fully saturated rings. The monoisotopic (exact) mass is 231 g/mol. The molecule has 0 spiro atoms. The lowest BCUT2D eigenvalue weighted by molar-refractivity contribution is 0.0721. The molecule has 0 aliphatic carbocycles. The second-order valence-corrected chi connectivity index (χ2v) is 3.73. The summed E-state index contributed by atoms with van der Waals surface area (Å²) in [7, 11) is 0. The molecule has 0 aliphatic heterocycles. The van der Waals surface area contributed by atoms with E-state index < -0.39 is 0 Å². The molecule has 0 unspecified atom stereocenters. The summed E-state index contributed by atoms with van der Waals surface area (Å²) < 4.78 is 6.69. The molecule has 1 aromatic rings. The number of hydrogen-bond acceptors (Lipinski definition) is 4. The van der Waals surface area contributed by atoms with Gasteiger partial charge in [0.1, 0.15) is 5.69 Å². The first kappa shape index (κ1) is 12.0. The van der Waals surface area contributed by atoms with E-state index in [0.29, 0.717) is 13.2 Å². The molecular weight excluding hydrogens is 218 g/mol. The van der Waals surface area contributed by atoms with Crippen molar-refractivity contribution >= 4 is 17.3 Å². The smallest absolute Gasteiger partial charge is 0.278 e. The van der Waals surface area contributed by atoms with Gasteiger partial charge in [0.15, 0.2) is 5.15 Å². The van der Waals surface area contributed by atoms with Crippen molar-refractivity contribution in [2.75, 3.05) is 12.3 Å². The van der Waals surface area contributed by atoms with Gasteiger partial charge in [0.2, 0.25) is 0 Å². The molecule has 0 radical (unpaired) electrons. The minimum absolute atomic E-state index is 0.0243. The van der Waals surface area contributed by atoms with Gasteiger partial charge in [-0.3, -0.25) is 9.36 Å². The Morgan fingerprint density at radius 1 is 1.67 bits per heavy atom. The SMILES string of the molecule is CC(C)OCCn1cnc(Cl)c(N)c1=O. The summed E-state index contributed by atoms with van der Waals surface area (Å²) in [5.41, 5.74) is 5.09. The molecular formula is C9H14ClN3O2. The number of aromatic nitrogens is 2. The Kier molecular flexibility index (Phi) is 4.11. The number of hydrogen-bond donors (Lipinski definition) is 1. The van der Waals surface area contributed by atoms with Gasteiger partial charge in [0, 0.05) is 0 Å². The molecule has 2 N–H and O–H groups in total. The molecule has 0 amide bonds. The molecule has 84 valence electrons. The van der Waals surface area contributed by atoms with Gasteiger partial charge in [-0.2, -0.15) is 0 Å². The number of anilines is 1. The van der Waals surface area contributed by atoms with Crippen LogP contribution in [0, 0.1) is 0 Å². The van der Waals surface area contributed by atoms with Gasteiger partial charge < -0.3 is 10.5 Å². The van der Waals surface area contributed by atoms with Crippen molar-refractivity contribution < 1.29 is 4.74 Å². The van der Waals surface area contributed by atoms with Crippen LogP contribution in [0.3, 0.4) is 0 Å². The zero-order valence-corrected chi connectivity index (χ0v) is 9.49. The van der Waals surface area contributed by atoms with Crippen LogP contribution in [0.5, 0.6) is 0 Å². The molecule has 1 aromatic heterocycles. The van der Waals surface area contributed by atoms with Crippen LogP contribution < -0.4 is 11.3 Å². The van der Waals surface area contributed by atoms with Crippen LogP contribution in [0.4, 0.5) is 5.69 Å². The molecule has 0 saturated carbocycles. The minimum Gasteiger partial charge on any atom is -0.392 e. The summed E-state index contributed by atoms with van der Waals surface area (Å²) in [5.74, 6) is 0. The lowest BCUT2D eigenvalue weighted by Gasteiger charge is -2.09. The van der Waals surface area contributed by atoms with Crippen LogP contribution in [0.15, 0.2) is 11.1 Å². The number of nitrogens with zero attached hydrogens (tertiary/aromatic N) is 2. The van der Waals surface area contributed by atoms with E-state index in [1.807, 2.05) is 13.8 Å². The predicted octanol–water partition coefficient (Wildman–Crippen LogP) is 0.904. The van der Waals surface area contributed by atoms with Crippen molar-refractivity contribution in [3.05, 3.63) is 21.8 Å². The highest BCUT2D eigenvalue weighted by Crippen LogP contribution is 2.07. The average molecular weight is 232 g/mol. The van der Waals surface area contributed by atoms with Crippen molar-refractivity contribution in [1.82, 2.24) is 9.55 Å². The molecule has 0 aromatic carbocycles. The van der Waals surface area contributed by atoms with Gasteiger partial charge in [-0.1, -0.05) is 11.6 Å². The predicted molar refractivity (Wildman–Crippen MR) is 59.0 cm³/mol. The van der Waals surface area contributed by atoms with Crippen molar-refractivity contribution in [3.8, 4) is 0 Å². The van der Waals surface area contributed by atoms with Crippen LogP contribution in [-0.4, -0.2) is 22.3 Å². The third-order valence-corrected chi connectivity index (χ3v) is 2.11. The highest BCUT2D eigenvalue weighted by Gasteiger charge is 2.05. The maximum Gasteiger partial charge on any atom is 0.278 e. The number of halogens is 1. The van der Waals surface area contributed by atoms with Crippen molar-refractivity contribution in [2.24, 2.45) is 0 Å². The highest BCUT2D eigenvalue weighted by atomic mass is 35.5.